The van der Waals surface area contributed by atoms with E-state index in [4.69, 9.17) is 14.7 Å². The minimum Gasteiger partial charge on any atom is -0.504 e. The number of nitrogens with zero attached hydrogens (tertiary/aromatic N) is 3. The zero-order valence-electron chi connectivity index (χ0n) is 16.5. The molecule has 3 rings (SSSR count). The monoisotopic (exact) mass is 395 g/mol. The maximum Gasteiger partial charge on any atom is 0.253 e. The number of methoxy groups -OCH3 is 1. The molecule has 0 radical (unpaired) electrons. The molecule has 0 saturated carbocycles. The topological polar surface area (TPSA) is 133 Å². The summed E-state index contributed by atoms with van der Waals surface area (Å²) in [5.41, 5.74) is 0.903. The quantitative estimate of drug-likeness (QED) is 0.580. The Balaban J connectivity index is 1.94. The van der Waals surface area contributed by atoms with Gasteiger partial charge in [0.2, 0.25) is 11.8 Å². The molecular formula is C20H21N5O4. The van der Waals surface area contributed by atoms with Gasteiger partial charge in [-0.2, -0.15) is 10.2 Å². The van der Waals surface area contributed by atoms with Crippen LogP contribution in [0.2, 0.25) is 0 Å². The van der Waals surface area contributed by atoms with Crippen molar-refractivity contribution in [3.63, 3.8) is 0 Å². The number of pyridine rings is 1. The molecule has 0 unspecified atom stereocenters. The second kappa shape index (κ2) is 8.06. The maximum atomic E-state index is 12.6. The molecule has 3 N–H and O–H groups in total. The van der Waals surface area contributed by atoms with Crippen LogP contribution in [0.1, 0.15) is 37.9 Å². The first kappa shape index (κ1) is 19.9. The van der Waals surface area contributed by atoms with Gasteiger partial charge in [-0.1, -0.05) is 0 Å². The highest BCUT2D eigenvalue weighted by Gasteiger charge is 2.16. The minimum atomic E-state index is -0.450. The highest BCUT2D eigenvalue weighted by atomic mass is 16.5. The summed E-state index contributed by atoms with van der Waals surface area (Å²) in [5.74, 6) is 0.661. The van der Waals surface area contributed by atoms with Crippen molar-refractivity contribution >= 4 is 16.9 Å². The summed E-state index contributed by atoms with van der Waals surface area (Å²) in [7, 11) is 1.41. The summed E-state index contributed by atoms with van der Waals surface area (Å²) in [6.45, 7) is 5.48. The minimum absolute atomic E-state index is 0.00928. The summed E-state index contributed by atoms with van der Waals surface area (Å²) in [5, 5.41) is 22.9. The molecule has 0 aliphatic carbocycles. The van der Waals surface area contributed by atoms with E-state index in [1.807, 2.05) is 19.9 Å². The van der Waals surface area contributed by atoms with Crippen LogP contribution in [-0.2, 0) is 0 Å². The van der Waals surface area contributed by atoms with Crippen molar-refractivity contribution in [1.82, 2.24) is 15.0 Å². The first-order valence-corrected chi connectivity index (χ1v) is 8.96. The standard InChI is InChI=1S/C20H21N5O4/c1-10(2)29-17-7-15-12(6-16(17)26)5-14(18(27)24-15)11(3)23-20-22-9-13(8-21)19(25-20)28-4/h5-7,9-11,26H,1-4H3,(H,24,27)(H,22,23,25)/t11-/m0/s1. The Hall–Kier alpha value is -3.80. The number of nitrogens with one attached hydrogen (secondary N) is 2. The van der Waals surface area contributed by atoms with Crippen molar-refractivity contribution in [2.75, 3.05) is 12.4 Å². The lowest BCUT2D eigenvalue weighted by Gasteiger charge is -2.16. The molecule has 0 aliphatic rings. The third-order valence-electron chi connectivity index (χ3n) is 4.19. The molecule has 0 amide bonds. The number of hydrogen-bond donors (Lipinski definition) is 3. The fraction of sp³-hybridized carbons (Fsp3) is 0.300. The summed E-state index contributed by atoms with van der Waals surface area (Å²) in [6, 6.07) is 6.32. The number of phenols is 1. The van der Waals surface area contributed by atoms with Gasteiger partial charge in [-0.15, -0.1) is 0 Å². The Morgan fingerprint density at radius 3 is 2.69 bits per heavy atom. The Bertz CT molecular complexity index is 1150. The fourth-order valence-corrected chi connectivity index (χ4v) is 2.85. The normalized spacial score (nSPS) is 11.9. The number of ether oxygens (including phenoxy) is 2. The van der Waals surface area contributed by atoms with Crippen LogP contribution in [0.4, 0.5) is 5.95 Å². The van der Waals surface area contributed by atoms with E-state index in [9.17, 15) is 9.90 Å². The lowest BCUT2D eigenvalue weighted by molar-refractivity contribution is 0.232. The van der Waals surface area contributed by atoms with Crippen LogP contribution in [0.5, 0.6) is 17.4 Å². The van der Waals surface area contributed by atoms with E-state index in [1.54, 1.807) is 25.1 Å². The summed E-state index contributed by atoms with van der Waals surface area (Å²) in [4.78, 5) is 23.6. The summed E-state index contributed by atoms with van der Waals surface area (Å²) >= 11 is 0. The number of H-pyrrole nitrogens is 1. The number of nitriles is 1. The molecule has 2 aromatic heterocycles. The highest BCUT2D eigenvalue weighted by Crippen LogP contribution is 2.32. The van der Waals surface area contributed by atoms with E-state index in [1.165, 1.54) is 13.3 Å². The van der Waals surface area contributed by atoms with Crippen LogP contribution < -0.4 is 20.3 Å². The van der Waals surface area contributed by atoms with Gasteiger partial charge in [-0.05, 0) is 32.9 Å². The molecule has 2 heterocycles. The number of benzene rings is 1. The Morgan fingerprint density at radius 2 is 2.03 bits per heavy atom. The predicted molar refractivity (Wildman–Crippen MR) is 107 cm³/mol. The van der Waals surface area contributed by atoms with Crippen molar-refractivity contribution in [2.24, 2.45) is 0 Å². The number of aromatic amines is 1. The largest absolute Gasteiger partial charge is 0.504 e. The van der Waals surface area contributed by atoms with Crippen molar-refractivity contribution in [3.8, 4) is 23.4 Å². The van der Waals surface area contributed by atoms with Crippen LogP contribution in [0.3, 0.4) is 0 Å². The molecular weight excluding hydrogens is 374 g/mol. The number of rotatable bonds is 6. The van der Waals surface area contributed by atoms with Crippen molar-refractivity contribution in [2.45, 2.75) is 32.9 Å². The van der Waals surface area contributed by atoms with Gasteiger partial charge in [0.1, 0.15) is 11.6 Å². The summed E-state index contributed by atoms with van der Waals surface area (Å²) in [6.07, 6.45) is 1.23. The van der Waals surface area contributed by atoms with Crippen molar-refractivity contribution in [1.29, 1.82) is 5.26 Å². The molecule has 1 aromatic carbocycles. The Morgan fingerprint density at radius 1 is 1.28 bits per heavy atom. The van der Waals surface area contributed by atoms with Gasteiger partial charge in [0.05, 0.1) is 31.0 Å². The lowest BCUT2D eigenvalue weighted by Crippen LogP contribution is -2.20. The Kier molecular flexibility index (Phi) is 5.54. The van der Waals surface area contributed by atoms with E-state index < -0.39 is 6.04 Å². The van der Waals surface area contributed by atoms with Gasteiger partial charge in [-0.3, -0.25) is 4.79 Å². The number of anilines is 1. The molecule has 0 bridgehead atoms. The van der Waals surface area contributed by atoms with Crippen LogP contribution in [-0.4, -0.2) is 33.3 Å². The fourth-order valence-electron chi connectivity index (χ4n) is 2.85. The second-order valence-electron chi connectivity index (χ2n) is 6.72. The van der Waals surface area contributed by atoms with Gasteiger partial charge >= 0.3 is 0 Å². The van der Waals surface area contributed by atoms with E-state index >= 15 is 0 Å². The Labute approximate surface area is 167 Å². The van der Waals surface area contributed by atoms with Crippen LogP contribution >= 0.6 is 0 Å². The van der Waals surface area contributed by atoms with Gasteiger partial charge in [0.15, 0.2) is 11.5 Å². The smallest absolute Gasteiger partial charge is 0.253 e. The molecule has 0 aliphatic heterocycles. The second-order valence-corrected chi connectivity index (χ2v) is 6.72. The molecule has 0 fully saturated rings. The number of fused-ring (bicyclic) bond motifs is 1. The average molecular weight is 395 g/mol. The molecule has 0 saturated heterocycles. The van der Waals surface area contributed by atoms with Gasteiger partial charge < -0.3 is 24.9 Å². The van der Waals surface area contributed by atoms with Crippen LogP contribution in [0.25, 0.3) is 10.9 Å². The van der Waals surface area contributed by atoms with E-state index in [0.29, 0.717) is 22.2 Å². The van der Waals surface area contributed by atoms with E-state index in [2.05, 4.69) is 20.3 Å². The highest BCUT2D eigenvalue weighted by molar-refractivity contribution is 5.83. The zero-order chi connectivity index (χ0) is 21.1. The first-order valence-electron chi connectivity index (χ1n) is 8.96. The molecule has 29 heavy (non-hydrogen) atoms. The van der Waals surface area contributed by atoms with Gasteiger partial charge in [0.25, 0.3) is 5.56 Å². The maximum absolute atomic E-state index is 12.6. The van der Waals surface area contributed by atoms with Gasteiger partial charge in [-0.25, -0.2) is 4.98 Å². The molecule has 0 spiro atoms. The number of aromatic hydroxyl groups is 1. The molecule has 1 atom stereocenters. The first-order chi connectivity index (χ1) is 13.8. The molecule has 9 nitrogen and oxygen atoms in total. The number of aromatic nitrogens is 3. The van der Waals surface area contributed by atoms with Crippen molar-refractivity contribution in [3.05, 3.63) is 45.9 Å². The van der Waals surface area contributed by atoms with Crippen LogP contribution in [0, 0.1) is 11.3 Å². The number of hydrogen-bond acceptors (Lipinski definition) is 8. The third-order valence-corrected chi connectivity index (χ3v) is 4.19. The van der Waals surface area contributed by atoms with Gasteiger partial charge in [0, 0.05) is 17.0 Å². The van der Waals surface area contributed by atoms with E-state index in [-0.39, 0.29) is 34.8 Å². The third kappa shape index (κ3) is 4.21. The SMILES string of the molecule is COc1nc(N[C@@H](C)c2cc3cc(O)c(OC(C)C)cc3[nH]c2=O)ncc1C#N. The summed E-state index contributed by atoms with van der Waals surface area (Å²) < 4.78 is 10.6. The van der Waals surface area contributed by atoms with E-state index in [0.717, 1.165) is 0 Å². The van der Waals surface area contributed by atoms with Crippen molar-refractivity contribution < 1.29 is 14.6 Å². The zero-order valence-corrected chi connectivity index (χ0v) is 16.5. The molecule has 9 heteroatoms. The molecule has 150 valence electrons. The number of phenolic OH excluding ortho intramolecular Hbond substituents is 1. The lowest BCUT2D eigenvalue weighted by atomic mass is 10.1. The molecule has 3 aromatic rings. The predicted octanol–water partition coefficient (Wildman–Crippen LogP) is 2.86. The average Bonchev–Trinajstić information content (AvgIpc) is 2.68. The van der Waals surface area contributed by atoms with Crippen LogP contribution in [0.15, 0.2) is 29.2 Å².